The molecule has 0 radical (unpaired) electrons. The van der Waals surface area contributed by atoms with Crippen molar-refractivity contribution in [1.29, 1.82) is 0 Å². The zero-order valence-electron chi connectivity index (χ0n) is 10.7. The number of rotatable bonds is 2. The minimum Gasteiger partial charge on any atom is -0.237 e. The van der Waals surface area contributed by atoms with Crippen LogP contribution in [0.5, 0.6) is 0 Å². The maximum Gasteiger partial charge on any atom is 0.0693 e. The molecule has 2 rings (SSSR count). The number of benzene rings is 1. The molecule has 3 heteroatoms. The molecule has 2 aromatic rings. The highest BCUT2D eigenvalue weighted by atomic mass is 35.5. The van der Waals surface area contributed by atoms with Crippen molar-refractivity contribution in [2.75, 3.05) is 0 Å². The second-order valence-electron chi connectivity index (χ2n) is 4.47. The Morgan fingerprint density at radius 3 is 2.41 bits per heavy atom. The Morgan fingerprint density at radius 2 is 1.88 bits per heavy atom. The van der Waals surface area contributed by atoms with Gasteiger partial charge in [0.1, 0.15) is 0 Å². The van der Waals surface area contributed by atoms with Gasteiger partial charge in [0.2, 0.25) is 0 Å². The summed E-state index contributed by atoms with van der Waals surface area (Å²) in [7, 11) is 0. The molecule has 0 saturated carbocycles. The molecule has 0 spiro atoms. The van der Waals surface area contributed by atoms with Crippen LogP contribution >= 0.6 is 11.6 Å². The van der Waals surface area contributed by atoms with Crippen molar-refractivity contribution in [2.45, 2.75) is 33.6 Å². The average molecular weight is 249 g/mol. The molecule has 0 amide bonds. The zero-order valence-corrected chi connectivity index (χ0v) is 11.5. The van der Waals surface area contributed by atoms with E-state index in [-0.39, 0.29) is 0 Å². The first-order valence-electron chi connectivity index (χ1n) is 5.73. The summed E-state index contributed by atoms with van der Waals surface area (Å²) in [6, 6.07) is 6.30. The van der Waals surface area contributed by atoms with Gasteiger partial charge in [-0.25, -0.2) is 4.68 Å². The van der Waals surface area contributed by atoms with Crippen LogP contribution in [-0.2, 0) is 5.88 Å². The minimum absolute atomic E-state index is 0.508. The molecule has 0 aliphatic rings. The van der Waals surface area contributed by atoms with Crippen LogP contribution in [0.4, 0.5) is 0 Å². The summed E-state index contributed by atoms with van der Waals surface area (Å²) in [5.41, 5.74) is 6.92. The summed E-state index contributed by atoms with van der Waals surface area (Å²) in [6.07, 6.45) is 0. The average Bonchev–Trinajstić information content (AvgIpc) is 2.57. The second-order valence-corrected chi connectivity index (χ2v) is 4.74. The van der Waals surface area contributed by atoms with Crippen molar-refractivity contribution in [3.8, 4) is 5.69 Å². The lowest BCUT2D eigenvalue weighted by atomic mass is 10.1. The molecule has 0 aliphatic carbocycles. The highest BCUT2D eigenvalue weighted by molar-refractivity contribution is 6.17. The van der Waals surface area contributed by atoms with E-state index in [2.05, 4.69) is 44.1 Å². The molecule has 0 bridgehead atoms. The highest BCUT2D eigenvalue weighted by Gasteiger charge is 2.11. The van der Waals surface area contributed by atoms with Crippen molar-refractivity contribution in [2.24, 2.45) is 0 Å². The number of hydrogen-bond donors (Lipinski definition) is 0. The normalized spacial score (nSPS) is 10.9. The fraction of sp³-hybridized carbons (Fsp3) is 0.357. The summed E-state index contributed by atoms with van der Waals surface area (Å²) in [5, 5.41) is 4.58. The number of aromatic nitrogens is 2. The maximum atomic E-state index is 6.01. The summed E-state index contributed by atoms with van der Waals surface area (Å²) in [5.74, 6) is 0.508. The summed E-state index contributed by atoms with van der Waals surface area (Å²) in [6.45, 7) is 8.30. The van der Waals surface area contributed by atoms with E-state index in [1.54, 1.807) is 0 Å². The van der Waals surface area contributed by atoms with Gasteiger partial charge in [-0.1, -0.05) is 17.7 Å². The first kappa shape index (κ1) is 12.2. The molecule has 0 atom stereocenters. The summed E-state index contributed by atoms with van der Waals surface area (Å²) >= 11 is 6.01. The molecule has 2 nitrogen and oxygen atoms in total. The van der Waals surface area contributed by atoms with Crippen molar-refractivity contribution >= 4 is 11.6 Å². The topological polar surface area (TPSA) is 17.8 Å². The predicted octanol–water partition coefficient (Wildman–Crippen LogP) is 3.84. The van der Waals surface area contributed by atoms with Crippen LogP contribution in [-0.4, -0.2) is 9.78 Å². The third kappa shape index (κ3) is 2.09. The van der Waals surface area contributed by atoms with Gasteiger partial charge < -0.3 is 0 Å². The molecule has 0 unspecified atom stereocenters. The second kappa shape index (κ2) is 4.53. The Kier molecular flexibility index (Phi) is 3.25. The number of hydrogen-bond acceptors (Lipinski definition) is 1. The Morgan fingerprint density at radius 1 is 1.18 bits per heavy atom. The number of nitrogens with zero attached hydrogens (tertiary/aromatic N) is 2. The third-order valence-corrected chi connectivity index (χ3v) is 3.55. The Hall–Kier alpha value is -1.28. The van der Waals surface area contributed by atoms with E-state index < -0.39 is 0 Å². The molecule has 1 aromatic heterocycles. The highest BCUT2D eigenvalue weighted by Crippen LogP contribution is 2.22. The molecule has 0 N–H and O–H groups in total. The Bertz CT molecular complexity index is 556. The van der Waals surface area contributed by atoms with Crippen LogP contribution in [0.25, 0.3) is 5.69 Å². The van der Waals surface area contributed by atoms with Crippen LogP contribution in [0.2, 0.25) is 0 Å². The molecule has 1 heterocycles. The van der Waals surface area contributed by atoms with Crippen LogP contribution in [0.1, 0.15) is 28.1 Å². The van der Waals surface area contributed by atoms with Crippen molar-refractivity contribution in [3.05, 3.63) is 46.3 Å². The molecule has 17 heavy (non-hydrogen) atoms. The lowest BCUT2D eigenvalue weighted by molar-refractivity contribution is 0.825. The van der Waals surface area contributed by atoms with E-state index in [0.717, 1.165) is 16.9 Å². The van der Waals surface area contributed by atoms with Crippen molar-refractivity contribution in [3.63, 3.8) is 0 Å². The summed E-state index contributed by atoms with van der Waals surface area (Å²) < 4.78 is 1.99. The summed E-state index contributed by atoms with van der Waals surface area (Å²) in [4.78, 5) is 0. The molecule has 90 valence electrons. The zero-order chi connectivity index (χ0) is 12.6. The van der Waals surface area contributed by atoms with E-state index in [4.69, 9.17) is 11.6 Å². The van der Waals surface area contributed by atoms with Gasteiger partial charge in [0.05, 0.1) is 11.4 Å². The molecular weight excluding hydrogens is 232 g/mol. The number of alkyl halides is 1. The molecule has 0 saturated heterocycles. The van der Waals surface area contributed by atoms with Gasteiger partial charge in [0.25, 0.3) is 0 Å². The minimum atomic E-state index is 0.508. The van der Waals surface area contributed by atoms with Gasteiger partial charge >= 0.3 is 0 Å². The first-order valence-corrected chi connectivity index (χ1v) is 6.26. The van der Waals surface area contributed by atoms with E-state index in [1.165, 1.54) is 16.8 Å². The van der Waals surface area contributed by atoms with Gasteiger partial charge in [-0.05, 0) is 44.9 Å². The van der Waals surface area contributed by atoms with Crippen molar-refractivity contribution < 1.29 is 0 Å². The van der Waals surface area contributed by atoms with Gasteiger partial charge in [-0.15, -0.1) is 11.6 Å². The number of aryl methyl sites for hydroxylation is 2. The Labute approximate surface area is 107 Å². The van der Waals surface area contributed by atoms with Gasteiger partial charge in [-0.2, -0.15) is 5.10 Å². The smallest absolute Gasteiger partial charge is 0.0693 e. The monoisotopic (exact) mass is 248 g/mol. The van der Waals surface area contributed by atoms with Crippen LogP contribution in [0, 0.1) is 27.7 Å². The molecule has 1 aromatic carbocycles. The van der Waals surface area contributed by atoms with E-state index >= 15 is 0 Å². The molecular formula is C14H17ClN2. The quantitative estimate of drug-likeness (QED) is 0.739. The van der Waals surface area contributed by atoms with E-state index in [0.29, 0.717) is 5.88 Å². The lowest BCUT2D eigenvalue weighted by Gasteiger charge is -2.10. The maximum absolute atomic E-state index is 6.01. The standard InChI is InChI=1S/C14H17ClN2/c1-9-5-6-14(13(7-9)8-15)17-12(4)10(2)11(3)16-17/h5-7H,8H2,1-4H3. The SMILES string of the molecule is Cc1ccc(-n2nc(C)c(C)c2C)c(CCl)c1. The molecule has 0 aliphatic heterocycles. The lowest BCUT2D eigenvalue weighted by Crippen LogP contribution is -2.03. The largest absolute Gasteiger partial charge is 0.237 e. The van der Waals surface area contributed by atoms with E-state index in [1.807, 2.05) is 11.6 Å². The third-order valence-electron chi connectivity index (χ3n) is 3.26. The van der Waals surface area contributed by atoms with E-state index in [9.17, 15) is 0 Å². The van der Waals surface area contributed by atoms with Crippen LogP contribution < -0.4 is 0 Å². The predicted molar refractivity (Wildman–Crippen MR) is 72.1 cm³/mol. The van der Waals surface area contributed by atoms with Gasteiger partial charge in [0.15, 0.2) is 0 Å². The fourth-order valence-electron chi connectivity index (χ4n) is 1.98. The van der Waals surface area contributed by atoms with Crippen LogP contribution in [0.15, 0.2) is 18.2 Å². The van der Waals surface area contributed by atoms with Crippen LogP contribution in [0.3, 0.4) is 0 Å². The van der Waals surface area contributed by atoms with Gasteiger partial charge in [-0.3, -0.25) is 0 Å². The van der Waals surface area contributed by atoms with Crippen molar-refractivity contribution in [1.82, 2.24) is 9.78 Å². The Balaban J connectivity index is 2.64. The van der Waals surface area contributed by atoms with Gasteiger partial charge in [0, 0.05) is 11.6 Å². The first-order chi connectivity index (χ1) is 8.04. The fourth-order valence-corrected chi connectivity index (χ4v) is 2.20. The number of halogens is 1. The molecule has 0 fully saturated rings.